The third kappa shape index (κ3) is 4.12. The number of nitrogens with zero attached hydrogens (tertiary/aromatic N) is 1. The fourth-order valence-corrected chi connectivity index (χ4v) is 2.27. The van der Waals surface area contributed by atoms with Crippen LogP contribution in [0.25, 0.3) is 0 Å². The molecular weight excluding hydrogens is 269 g/mol. The Morgan fingerprint density at radius 3 is 2.81 bits per heavy atom. The van der Waals surface area contributed by atoms with Gasteiger partial charge in [-0.15, -0.1) is 0 Å². The van der Waals surface area contributed by atoms with Crippen LogP contribution in [0, 0.1) is 5.82 Å². The zero-order chi connectivity index (χ0) is 15.5. The van der Waals surface area contributed by atoms with Crippen LogP contribution < -0.4 is 5.32 Å². The minimum atomic E-state index is -0.731. The normalized spacial score (nSPS) is 13.4. The first-order chi connectivity index (χ1) is 9.88. The van der Waals surface area contributed by atoms with Crippen molar-refractivity contribution in [3.63, 3.8) is 0 Å². The molecule has 0 aliphatic carbocycles. The van der Waals surface area contributed by atoms with E-state index in [1.165, 1.54) is 12.1 Å². The number of aliphatic hydroxyl groups is 1. The van der Waals surface area contributed by atoms with E-state index in [0.29, 0.717) is 18.7 Å². The molecule has 1 aromatic carbocycles. The predicted octanol–water partition coefficient (Wildman–Crippen LogP) is 2.67. The number of rotatable bonds is 5. The summed E-state index contributed by atoms with van der Waals surface area (Å²) in [6.07, 6.45) is 1.06. The van der Waals surface area contributed by atoms with Crippen molar-refractivity contribution in [2.45, 2.75) is 38.8 Å². The highest BCUT2D eigenvalue weighted by Crippen LogP contribution is 2.23. The Morgan fingerprint density at radius 1 is 1.38 bits per heavy atom. The van der Waals surface area contributed by atoms with Crippen molar-refractivity contribution in [3.05, 3.63) is 53.1 Å². The third-order valence-electron chi connectivity index (χ3n) is 3.35. The third-order valence-corrected chi connectivity index (χ3v) is 3.35. The Labute approximate surface area is 124 Å². The van der Waals surface area contributed by atoms with E-state index in [1.54, 1.807) is 18.3 Å². The Hall–Kier alpha value is -1.72. The number of nitrogens with one attached hydrogen (secondary N) is 2. The van der Waals surface area contributed by atoms with E-state index in [4.69, 9.17) is 0 Å². The number of halogens is 1. The molecule has 0 bridgehead atoms. The molecule has 0 radical (unpaired) electrons. The molecule has 0 spiro atoms. The van der Waals surface area contributed by atoms with Crippen LogP contribution in [0.2, 0.25) is 0 Å². The van der Waals surface area contributed by atoms with Crippen LogP contribution in [0.5, 0.6) is 0 Å². The zero-order valence-electron chi connectivity index (χ0n) is 12.7. The summed E-state index contributed by atoms with van der Waals surface area (Å²) in [7, 11) is 0. The quantitative estimate of drug-likeness (QED) is 0.793. The van der Waals surface area contributed by atoms with Crippen molar-refractivity contribution in [1.29, 1.82) is 0 Å². The highest BCUT2D eigenvalue weighted by molar-refractivity contribution is 5.23. The van der Waals surface area contributed by atoms with Crippen LogP contribution in [-0.2, 0) is 12.0 Å². The summed E-state index contributed by atoms with van der Waals surface area (Å²) < 4.78 is 13.1. The fraction of sp³-hybridized carbons (Fsp3) is 0.438. The lowest BCUT2D eigenvalue weighted by molar-refractivity contribution is 0.174. The lowest BCUT2D eigenvalue weighted by atomic mass is 9.89. The van der Waals surface area contributed by atoms with E-state index >= 15 is 0 Å². The molecule has 3 N–H and O–H groups in total. The van der Waals surface area contributed by atoms with Gasteiger partial charge in [0.15, 0.2) is 0 Å². The second kappa shape index (κ2) is 6.37. The number of aromatic amines is 1. The van der Waals surface area contributed by atoms with E-state index in [1.807, 2.05) is 0 Å². The van der Waals surface area contributed by atoms with Crippen molar-refractivity contribution in [2.24, 2.45) is 0 Å². The molecule has 2 rings (SSSR count). The number of hydrogen-bond donors (Lipinski definition) is 3. The molecule has 0 aliphatic heterocycles. The van der Waals surface area contributed by atoms with Gasteiger partial charge in [-0.1, -0.05) is 32.9 Å². The van der Waals surface area contributed by atoms with Gasteiger partial charge in [0.25, 0.3) is 0 Å². The highest BCUT2D eigenvalue weighted by atomic mass is 19.1. The van der Waals surface area contributed by atoms with Gasteiger partial charge in [0.2, 0.25) is 0 Å². The van der Waals surface area contributed by atoms with Gasteiger partial charge in [-0.2, -0.15) is 5.10 Å². The van der Waals surface area contributed by atoms with Crippen molar-refractivity contribution in [3.8, 4) is 0 Å². The largest absolute Gasteiger partial charge is 0.387 e. The van der Waals surface area contributed by atoms with Gasteiger partial charge in [-0.25, -0.2) is 4.39 Å². The summed E-state index contributed by atoms with van der Waals surface area (Å²) in [6, 6.07) is 6.03. The Balaban J connectivity index is 1.92. The van der Waals surface area contributed by atoms with Gasteiger partial charge in [-0.05, 0) is 17.7 Å². The predicted molar refractivity (Wildman–Crippen MR) is 80.4 cm³/mol. The molecule has 1 heterocycles. The van der Waals surface area contributed by atoms with Crippen LogP contribution in [0.15, 0.2) is 30.5 Å². The molecule has 1 aromatic heterocycles. The molecule has 0 amide bonds. The van der Waals surface area contributed by atoms with Crippen molar-refractivity contribution in [2.75, 3.05) is 6.54 Å². The van der Waals surface area contributed by atoms with Gasteiger partial charge in [0.1, 0.15) is 5.82 Å². The standard InChI is InChI=1S/C16H22FN3O/c1-16(2,3)15-12(9-19-20-15)8-18-10-14(21)11-5-4-6-13(17)7-11/h4-7,9,14,18,21H,8,10H2,1-3H3,(H,19,20)/t14-/m0/s1. The first-order valence-corrected chi connectivity index (χ1v) is 7.05. The van der Waals surface area contributed by atoms with E-state index in [0.717, 1.165) is 11.3 Å². The minimum absolute atomic E-state index is 0.00527. The number of H-pyrrole nitrogens is 1. The van der Waals surface area contributed by atoms with Crippen molar-refractivity contribution < 1.29 is 9.50 Å². The molecule has 0 fully saturated rings. The molecule has 21 heavy (non-hydrogen) atoms. The van der Waals surface area contributed by atoms with E-state index in [9.17, 15) is 9.50 Å². The average molecular weight is 291 g/mol. The summed E-state index contributed by atoms with van der Waals surface area (Å²) in [4.78, 5) is 0. The molecule has 4 nitrogen and oxygen atoms in total. The lowest BCUT2D eigenvalue weighted by Crippen LogP contribution is -2.23. The summed E-state index contributed by atoms with van der Waals surface area (Å²) in [6.45, 7) is 7.32. The smallest absolute Gasteiger partial charge is 0.123 e. The number of benzene rings is 1. The first-order valence-electron chi connectivity index (χ1n) is 7.05. The molecule has 0 saturated heterocycles. The maximum atomic E-state index is 13.1. The first kappa shape index (κ1) is 15.7. The van der Waals surface area contributed by atoms with Crippen molar-refractivity contribution in [1.82, 2.24) is 15.5 Å². The van der Waals surface area contributed by atoms with Crippen LogP contribution in [-0.4, -0.2) is 21.8 Å². The molecule has 114 valence electrons. The van der Waals surface area contributed by atoms with Crippen molar-refractivity contribution >= 4 is 0 Å². The number of hydrogen-bond acceptors (Lipinski definition) is 3. The molecular formula is C16H22FN3O. The average Bonchev–Trinajstić information content (AvgIpc) is 2.87. The maximum absolute atomic E-state index is 13.1. The van der Waals surface area contributed by atoms with Crippen LogP contribution in [0.1, 0.15) is 43.7 Å². The molecule has 0 saturated carbocycles. The number of aliphatic hydroxyl groups excluding tert-OH is 1. The summed E-state index contributed by atoms with van der Waals surface area (Å²) in [5.41, 5.74) is 2.73. The van der Waals surface area contributed by atoms with Crippen LogP contribution >= 0.6 is 0 Å². The van der Waals surface area contributed by atoms with Crippen LogP contribution in [0.3, 0.4) is 0 Å². The second-order valence-corrected chi connectivity index (χ2v) is 6.22. The Bertz CT molecular complexity index is 589. The van der Waals surface area contributed by atoms with Crippen LogP contribution in [0.4, 0.5) is 4.39 Å². The molecule has 0 unspecified atom stereocenters. The summed E-state index contributed by atoms with van der Waals surface area (Å²) in [5, 5.41) is 20.3. The molecule has 2 aromatic rings. The van der Waals surface area contributed by atoms with Gasteiger partial charge in [-0.3, -0.25) is 5.10 Å². The number of aromatic nitrogens is 2. The zero-order valence-corrected chi connectivity index (χ0v) is 12.7. The van der Waals surface area contributed by atoms with E-state index < -0.39 is 6.10 Å². The summed E-state index contributed by atoms with van der Waals surface area (Å²) >= 11 is 0. The molecule has 5 heteroatoms. The minimum Gasteiger partial charge on any atom is -0.387 e. The fourth-order valence-electron chi connectivity index (χ4n) is 2.27. The molecule has 0 aliphatic rings. The monoisotopic (exact) mass is 291 g/mol. The topological polar surface area (TPSA) is 60.9 Å². The molecule has 1 atom stereocenters. The summed E-state index contributed by atoms with van der Waals surface area (Å²) in [5.74, 6) is -0.337. The second-order valence-electron chi connectivity index (χ2n) is 6.22. The Morgan fingerprint density at radius 2 is 2.14 bits per heavy atom. The lowest BCUT2D eigenvalue weighted by Gasteiger charge is -2.19. The van der Waals surface area contributed by atoms with Gasteiger partial charge < -0.3 is 10.4 Å². The van der Waals surface area contributed by atoms with E-state index in [-0.39, 0.29) is 11.2 Å². The van der Waals surface area contributed by atoms with E-state index in [2.05, 4.69) is 36.3 Å². The maximum Gasteiger partial charge on any atom is 0.123 e. The SMILES string of the molecule is CC(C)(C)c1[nH]ncc1CNC[C@H](O)c1cccc(F)c1. The highest BCUT2D eigenvalue weighted by Gasteiger charge is 2.19. The van der Waals surface area contributed by atoms with Gasteiger partial charge >= 0.3 is 0 Å². The Kier molecular flexibility index (Phi) is 4.75. The van der Waals surface area contributed by atoms with Gasteiger partial charge in [0.05, 0.1) is 12.3 Å². The van der Waals surface area contributed by atoms with Gasteiger partial charge in [0, 0.05) is 29.8 Å².